The lowest BCUT2D eigenvalue weighted by molar-refractivity contribution is 0.297. The predicted molar refractivity (Wildman–Crippen MR) is 72.7 cm³/mol. The van der Waals surface area contributed by atoms with Crippen LogP contribution in [0.3, 0.4) is 0 Å². The molecule has 1 aromatic carbocycles. The summed E-state index contributed by atoms with van der Waals surface area (Å²) in [6, 6.07) is 6.65. The van der Waals surface area contributed by atoms with Gasteiger partial charge in [0.1, 0.15) is 5.75 Å². The molecule has 0 amide bonds. The molecule has 0 N–H and O–H groups in total. The van der Waals surface area contributed by atoms with Crippen LogP contribution in [-0.4, -0.2) is 6.61 Å². The Hall–Kier alpha value is -0.980. The van der Waals surface area contributed by atoms with Gasteiger partial charge in [-0.15, -0.1) is 0 Å². The number of ether oxygens (including phenoxy) is 1. The van der Waals surface area contributed by atoms with Crippen molar-refractivity contribution in [1.29, 1.82) is 0 Å². The Morgan fingerprint density at radius 1 is 1.12 bits per heavy atom. The number of benzene rings is 1. The molecule has 1 heteroatoms. The van der Waals surface area contributed by atoms with Gasteiger partial charge in [-0.2, -0.15) is 0 Å². The van der Waals surface area contributed by atoms with Gasteiger partial charge in [0.15, 0.2) is 0 Å². The Morgan fingerprint density at radius 2 is 1.88 bits per heavy atom. The van der Waals surface area contributed by atoms with E-state index in [2.05, 4.69) is 32.0 Å². The standard InChI is InChI=1S/C16H24O/c1-13(2)6-5-11-17-16-10-9-14-7-3-4-8-15(14)12-16/h9-10,12-13H,3-8,11H2,1-2H3. The van der Waals surface area contributed by atoms with Gasteiger partial charge in [-0.3, -0.25) is 0 Å². The third kappa shape index (κ3) is 3.76. The fraction of sp³-hybridized carbons (Fsp3) is 0.625. The number of aryl methyl sites for hydroxylation is 2. The molecule has 1 aliphatic carbocycles. The van der Waals surface area contributed by atoms with Gasteiger partial charge in [0.25, 0.3) is 0 Å². The van der Waals surface area contributed by atoms with E-state index >= 15 is 0 Å². The maximum Gasteiger partial charge on any atom is 0.119 e. The molecule has 1 aromatic rings. The zero-order valence-corrected chi connectivity index (χ0v) is 11.2. The molecular formula is C16H24O. The molecule has 0 heterocycles. The van der Waals surface area contributed by atoms with Crippen LogP contribution in [0.25, 0.3) is 0 Å². The minimum Gasteiger partial charge on any atom is -0.494 e. The second-order valence-corrected chi connectivity index (χ2v) is 5.52. The number of hydrogen-bond acceptors (Lipinski definition) is 1. The van der Waals surface area contributed by atoms with Gasteiger partial charge < -0.3 is 4.74 Å². The van der Waals surface area contributed by atoms with Gasteiger partial charge in [0, 0.05) is 0 Å². The molecule has 94 valence electrons. The molecule has 0 bridgehead atoms. The Labute approximate surface area is 105 Å². The van der Waals surface area contributed by atoms with Gasteiger partial charge in [-0.1, -0.05) is 19.9 Å². The van der Waals surface area contributed by atoms with E-state index in [9.17, 15) is 0 Å². The predicted octanol–water partition coefficient (Wildman–Crippen LogP) is 4.38. The smallest absolute Gasteiger partial charge is 0.119 e. The normalized spacial score (nSPS) is 14.8. The zero-order chi connectivity index (χ0) is 12.1. The van der Waals surface area contributed by atoms with Crippen molar-refractivity contribution in [3.8, 4) is 5.75 Å². The first-order chi connectivity index (χ1) is 8.25. The molecule has 0 atom stereocenters. The van der Waals surface area contributed by atoms with E-state index in [1.54, 1.807) is 0 Å². The van der Waals surface area contributed by atoms with E-state index in [0.29, 0.717) is 0 Å². The molecule has 17 heavy (non-hydrogen) atoms. The van der Waals surface area contributed by atoms with Crippen LogP contribution in [-0.2, 0) is 12.8 Å². The summed E-state index contributed by atoms with van der Waals surface area (Å²) in [5.74, 6) is 1.84. The van der Waals surface area contributed by atoms with Gasteiger partial charge in [0.05, 0.1) is 6.61 Å². The molecule has 0 spiro atoms. The third-order valence-electron chi connectivity index (χ3n) is 3.51. The van der Waals surface area contributed by atoms with E-state index in [0.717, 1.165) is 24.7 Å². The van der Waals surface area contributed by atoms with Crippen molar-refractivity contribution in [2.75, 3.05) is 6.61 Å². The molecule has 0 radical (unpaired) electrons. The molecule has 0 unspecified atom stereocenters. The molecule has 2 rings (SSSR count). The van der Waals surface area contributed by atoms with Crippen LogP contribution in [0.2, 0.25) is 0 Å². The Bertz CT molecular complexity index is 355. The molecule has 0 aromatic heterocycles. The monoisotopic (exact) mass is 232 g/mol. The van der Waals surface area contributed by atoms with Gasteiger partial charge >= 0.3 is 0 Å². The number of rotatable bonds is 5. The Kier molecular flexibility index (Phi) is 4.47. The second kappa shape index (κ2) is 6.09. The highest BCUT2D eigenvalue weighted by atomic mass is 16.5. The van der Waals surface area contributed by atoms with Crippen LogP contribution in [0, 0.1) is 5.92 Å². The van der Waals surface area contributed by atoms with Crippen molar-refractivity contribution in [2.45, 2.75) is 52.4 Å². The summed E-state index contributed by atoms with van der Waals surface area (Å²) < 4.78 is 5.82. The highest BCUT2D eigenvalue weighted by molar-refractivity contribution is 5.37. The summed E-state index contributed by atoms with van der Waals surface area (Å²) in [5.41, 5.74) is 3.04. The van der Waals surface area contributed by atoms with Crippen molar-refractivity contribution >= 4 is 0 Å². The minimum absolute atomic E-state index is 0.780. The highest BCUT2D eigenvalue weighted by Gasteiger charge is 2.09. The number of hydrogen-bond donors (Lipinski definition) is 0. The van der Waals surface area contributed by atoms with Crippen LogP contribution < -0.4 is 4.74 Å². The third-order valence-corrected chi connectivity index (χ3v) is 3.51. The van der Waals surface area contributed by atoms with Crippen molar-refractivity contribution in [2.24, 2.45) is 5.92 Å². The summed E-state index contributed by atoms with van der Waals surface area (Å²) >= 11 is 0. The van der Waals surface area contributed by atoms with Crippen LogP contribution in [0.1, 0.15) is 50.7 Å². The first-order valence-electron chi connectivity index (χ1n) is 7.00. The minimum atomic E-state index is 0.780. The van der Waals surface area contributed by atoms with E-state index in [1.807, 2.05) is 0 Å². The second-order valence-electron chi connectivity index (χ2n) is 5.52. The van der Waals surface area contributed by atoms with E-state index in [4.69, 9.17) is 4.74 Å². The fourth-order valence-corrected chi connectivity index (χ4v) is 2.48. The van der Waals surface area contributed by atoms with E-state index in [1.165, 1.54) is 43.2 Å². The molecule has 1 aliphatic rings. The number of fused-ring (bicyclic) bond motifs is 1. The molecule has 0 fully saturated rings. The largest absolute Gasteiger partial charge is 0.494 e. The van der Waals surface area contributed by atoms with Gasteiger partial charge in [-0.05, 0) is 67.7 Å². The summed E-state index contributed by atoms with van der Waals surface area (Å²) in [6.07, 6.45) is 7.59. The lowest BCUT2D eigenvalue weighted by Gasteiger charge is -2.17. The SMILES string of the molecule is CC(C)CCCOc1ccc2c(c1)CCCC2. The summed E-state index contributed by atoms with van der Waals surface area (Å²) in [5, 5.41) is 0. The van der Waals surface area contributed by atoms with Crippen LogP contribution in [0.4, 0.5) is 0 Å². The molecule has 0 saturated heterocycles. The van der Waals surface area contributed by atoms with Crippen molar-refractivity contribution in [1.82, 2.24) is 0 Å². The lowest BCUT2D eigenvalue weighted by atomic mass is 9.92. The Morgan fingerprint density at radius 3 is 2.65 bits per heavy atom. The molecule has 1 nitrogen and oxygen atoms in total. The van der Waals surface area contributed by atoms with E-state index in [-0.39, 0.29) is 0 Å². The van der Waals surface area contributed by atoms with Crippen LogP contribution >= 0.6 is 0 Å². The van der Waals surface area contributed by atoms with Crippen LogP contribution in [0.15, 0.2) is 18.2 Å². The zero-order valence-electron chi connectivity index (χ0n) is 11.2. The fourth-order valence-electron chi connectivity index (χ4n) is 2.48. The van der Waals surface area contributed by atoms with Crippen LogP contribution in [0.5, 0.6) is 5.75 Å². The molecular weight excluding hydrogens is 208 g/mol. The van der Waals surface area contributed by atoms with Crippen molar-refractivity contribution in [3.63, 3.8) is 0 Å². The molecule has 0 aliphatic heterocycles. The van der Waals surface area contributed by atoms with Gasteiger partial charge in [0.2, 0.25) is 0 Å². The summed E-state index contributed by atoms with van der Waals surface area (Å²) in [4.78, 5) is 0. The van der Waals surface area contributed by atoms with Crippen molar-refractivity contribution < 1.29 is 4.74 Å². The topological polar surface area (TPSA) is 9.23 Å². The highest BCUT2D eigenvalue weighted by Crippen LogP contribution is 2.25. The average molecular weight is 232 g/mol. The summed E-state index contributed by atoms with van der Waals surface area (Å²) in [6.45, 7) is 5.38. The lowest BCUT2D eigenvalue weighted by Crippen LogP contribution is -2.04. The Balaban J connectivity index is 1.85. The maximum atomic E-state index is 5.82. The first-order valence-corrected chi connectivity index (χ1v) is 7.00. The quantitative estimate of drug-likeness (QED) is 0.684. The van der Waals surface area contributed by atoms with Gasteiger partial charge in [-0.25, -0.2) is 0 Å². The maximum absolute atomic E-state index is 5.82. The summed E-state index contributed by atoms with van der Waals surface area (Å²) in [7, 11) is 0. The van der Waals surface area contributed by atoms with Crippen molar-refractivity contribution in [3.05, 3.63) is 29.3 Å². The molecule has 0 saturated carbocycles. The van der Waals surface area contributed by atoms with E-state index < -0.39 is 0 Å². The first kappa shape index (κ1) is 12.5. The average Bonchev–Trinajstić information content (AvgIpc) is 2.34.